The molecule has 0 radical (unpaired) electrons. The van der Waals surface area contributed by atoms with Crippen LogP contribution in [0.1, 0.15) is 25.3 Å². The van der Waals surface area contributed by atoms with Gasteiger partial charge in [0, 0.05) is 5.56 Å². The lowest BCUT2D eigenvalue weighted by molar-refractivity contribution is -0.883. The van der Waals surface area contributed by atoms with Gasteiger partial charge in [-0.1, -0.05) is 25.6 Å². The van der Waals surface area contributed by atoms with E-state index in [1.165, 1.54) is 0 Å². The van der Waals surface area contributed by atoms with Crippen LogP contribution in [0.3, 0.4) is 0 Å². The minimum absolute atomic E-state index is 0.720. The summed E-state index contributed by atoms with van der Waals surface area (Å²) in [5.74, 6) is 1.56. The third kappa shape index (κ3) is 4.34. The van der Waals surface area contributed by atoms with Gasteiger partial charge >= 0.3 is 0 Å². The van der Waals surface area contributed by atoms with Gasteiger partial charge in [-0.2, -0.15) is 0 Å². The summed E-state index contributed by atoms with van der Waals surface area (Å²) in [5.41, 5.74) is 1.04. The summed E-state index contributed by atoms with van der Waals surface area (Å²) in [4.78, 5) is 4.76. The van der Waals surface area contributed by atoms with Gasteiger partial charge in [0.15, 0.2) is 11.5 Å². The van der Waals surface area contributed by atoms with Crippen LogP contribution < -0.4 is 14.4 Å². The maximum absolute atomic E-state index is 5.78. The summed E-state index contributed by atoms with van der Waals surface area (Å²) in [6.07, 6.45) is 2.17. The molecule has 0 atom stereocenters. The number of unbranched alkanes of at least 4 members (excludes halogenated alkanes) is 1. The lowest BCUT2D eigenvalue weighted by atomic mass is 10.1. The van der Waals surface area contributed by atoms with Crippen molar-refractivity contribution in [3.63, 3.8) is 0 Å². The predicted octanol–water partition coefficient (Wildman–Crippen LogP) is 1.38. The highest BCUT2D eigenvalue weighted by Gasteiger charge is 2.20. The normalized spacial score (nSPS) is 15.7. The lowest BCUT2D eigenvalue weighted by Gasteiger charge is -2.32. The number of ether oxygens (including phenoxy) is 2. The molecular formula is C17H27N2O2S+. The molecule has 1 aromatic carbocycles. The Morgan fingerprint density at radius 1 is 1.27 bits per heavy atom. The van der Waals surface area contributed by atoms with Gasteiger partial charge in [-0.15, -0.1) is 0 Å². The fraction of sp³-hybridized carbons (Fsp3) is 0.588. The minimum atomic E-state index is 0.720. The van der Waals surface area contributed by atoms with Crippen molar-refractivity contribution in [3.05, 3.63) is 23.8 Å². The zero-order valence-electron chi connectivity index (χ0n) is 13.9. The first-order valence-corrected chi connectivity index (χ1v) is 8.48. The Kier molecular flexibility index (Phi) is 6.46. The van der Waals surface area contributed by atoms with Gasteiger partial charge in [0.25, 0.3) is 0 Å². The molecule has 1 aliphatic rings. The van der Waals surface area contributed by atoms with Gasteiger partial charge in [-0.25, -0.2) is 0 Å². The number of likely N-dealkylation sites (N-methyl/N-ethyl adjacent to an activating group) is 1. The number of rotatable bonds is 6. The van der Waals surface area contributed by atoms with Crippen LogP contribution in [0.25, 0.3) is 0 Å². The van der Waals surface area contributed by atoms with Crippen molar-refractivity contribution >= 4 is 17.2 Å². The van der Waals surface area contributed by atoms with Gasteiger partial charge in [-0.3, -0.25) is 0 Å². The first-order chi connectivity index (χ1) is 10.7. The highest BCUT2D eigenvalue weighted by Crippen LogP contribution is 2.29. The molecule has 1 fully saturated rings. The van der Waals surface area contributed by atoms with Gasteiger partial charge in [-0.05, 0) is 24.6 Å². The Balaban J connectivity index is 2.06. The fourth-order valence-electron chi connectivity index (χ4n) is 2.52. The van der Waals surface area contributed by atoms with Crippen LogP contribution in [-0.4, -0.2) is 56.8 Å². The third-order valence-corrected chi connectivity index (χ3v) is 4.56. The van der Waals surface area contributed by atoms with Crippen LogP contribution in [0.15, 0.2) is 18.2 Å². The lowest BCUT2D eigenvalue weighted by Crippen LogP contribution is -3.12. The van der Waals surface area contributed by atoms with Crippen molar-refractivity contribution in [1.82, 2.24) is 4.90 Å². The minimum Gasteiger partial charge on any atom is -0.493 e. The second-order valence-corrected chi connectivity index (χ2v) is 6.20. The summed E-state index contributed by atoms with van der Waals surface area (Å²) in [5, 5.41) is 0. The summed E-state index contributed by atoms with van der Waals surface area (Å²) in [6, 6.07) is 6.00. The summed E-state index contributed by atoms with van der Waals surface area (Å²) < 4.78 is 11.2. The topological polar surface area (TPSA) is 26.1 Å². The van der Waals surface area contributed by atoms with Crippen molar-refractivity contribution in [2.45, 2.75) is 19.8 Å². The van der Waals surface area contributed by atoms with Crippen LogP contribution in [-0.2, 0) is 0 Å². The number of thiocarbonyl (C=S) groups is 1. The zero-order chi connectivity index (χ0) is 15.9. The smallest absolute Gasteiger partial charge is 0.161 e. The Bertz CT molecular complexity index is 499. The summed E-state index contributed by atoms with van der Waals surface area (Å²) in [7, 11) is 3.90. The molecule has 1 aliphatic heterocycles. The summed E-state index contributed by atoms with van der Waals surface area (Å²) in [6.45, 7) is 7.17. The Morgan fingerprint density at radius 3 is 2.64 bits per heavy atom. The highest BCUT2D eigenvalue weighted by molar-refractivity contribution is 7.80. The van der Waals surface area contributed by atoms with Crippen LogP contribution in [0.4, 0.5) is 0 Å². The number of hydrogen-bond acceptors (Lipinski definition) is 3. The van der Waals surface area contributed by atoms with E-state index in [-0.39, 0.29) is 0 Å². The standard InChI is InChI=1S/C17H26N2O2S/c1-4-5-12-21-15-7-6-14(13-16(15)20-3)17(22)19-10-8-18(2)9-11-19/h6-7,13H,4-5,8-12H2,1-3H3/p+1. The number of nitrogens with zero attached hydrogens (tertiary/aromatic N) is 1. The van der Waals surface area contributed by atoms with E-state index in [1.54, 1.807) is 12.0 Å². The van der Waals surface area contributed by atoms with E-state index in [2.05, 4.69) is 18.9 Å². The molecule has 0 aliphatic carbocycles. The number of methoxy groups -OCH3 is 1. The SMILES string of the molecule is CCCCOc1ccc(C(=S)N2CC[NH+](C)CC2)cc1OC. The van der Waals surface area contributed by atoms with Gasteiger partial charge < -0.3 is 19.3 Å². The van der Waals surface area contributed by atoms with E-state index in [4.69, 9.17) is 21.7 Å². The molecule has 22 heavy (non-hydrogen) atoms. The predicted molar refractivity (Wildman–Crippen MR) is 93.3 cm³/mol. The molecule has 0 saturated carbocycles. The number of nitrogens with one attached hydrogen (secondary N) is 1. The molecule has 0 aromatic heterocycles. The molecule has 1 heterocycles. The third-order valence-electron chi connectivity index (χ3n) is 4.07. The van der Waals surface area contributed by atoms with Crippen LogP contribution in [0, 0.1) is 0 Å². The molecule has 0 amide bonds. The molecule has 1 aromatic rings. The molecule has 2 rings (SSSR count). The van der Waals surface area contributed by atoms with Crippen LogP contribution in [0.2, 0.25) is 0 Å². The second kappa shape index (κ2) is 8.34. The average molecular weight is 323 g/mol. The Hall–Kier alpha value is -1.33. The van der Waals surface area contributed by atoms with Crippen molar-refractivity contribution in [2.24, 2.45) is 0 Å². The van der Waals surface area contributed by atoms with E-state index in [0.29, 0.717) is 0 Å². The quantitative estimate of drug-likeness (QED) is 0.632. The van der Waals surface area contributed by atoms with E-state index < -0.39 is 0 Å². The van der Waals surface area contributed by atoms with Crippen molar-refractivity contribution in [2.75, 3.05) is 46.9 Å². The first kappa shape index (κ1) is 17.0. The molecule has 0 spiro atoms. The monoisotopic (exact) mass is 323 g/mol. The van der Waals surface area contributed by atoms with Crippen molar-refractivity contribution < 1.29 is 14.4 Å². The number of quaternary nitrogens is 1. The van der Waals surface area contributed by atoms with Gasteiger partial charge in [0.05, 0.1) is 46.9 Å². The Morgan fingerprint density at radius 2 is 2.00 bits per heavy atom. The van der Waals surface area contributed by atoms with Crippen molar-refractivity contribution in [3.8, 4) is 11.5 Å². The number of hydrogen-bond donors (Lipinski definition) is 1. The molecule has 5 heteroatoms. The average Bonchev–Trinajstić information content (AvgIpc) is 2.55. The highest BCUT2D eigenvalue weighted by atomic mass is 32.1. The van der Waals surface area contributed by atoms with Gasteiger partial charge in [0.1, 0.15) is 4.99 Å². The largest absolute Gasteiger partial charge is 0.493 e. The molecule has 122 valence electrons. The van der Waals surface area contributed by atoms with Gasteiger partial charge in [0.2, 0.25) is 0 Å². The summed E-state index contributed by atoms with van der Waals surface area (Å²) >= 11 is 5.66. The van der Waals surface area contributed by atoms with E-state index in [1.807, 2.05) is 18.2 Å². The van der Waals surface area contributed by atoms with E-state index in [9.17, 15) is 0 Å². The molecule has 0 unspecified atom stereocenters. The second-order valence-electron chi connectivity index (χ2n) is 5.82. The zero-order valence-corrected chi connectivity index (χ0v) is 14.7. The maximum atomic E-state index is 5.78. The number of piperazine rings is 1. The fourth-order valence-corrected chi connectivity index (χ4v) is 2.83. The molecular weight excluding hydrogens is 296 g/mol. The van der Waals surface area contributed by atoms with E-state index >= 15 is 0 Å². The van der Waals surface area contributed by atoms with E-state index in [0.717, 1.165) is 67.7 Å². The molecule has 0 bridgehead atoms. The first-order valence-electron chi connectivity index (χ1n) is 8.07. The Labute approximate surface area is 139 Å². The van der Waals surface area contributed by atoms with Crippen molar-refractivity contribution in [1.29, 1.82) is 0 Å². The number of benzene rings is 1. The molecule has 1 N–H and O–H groups in total. The van der Waals surface area contributed by atoms with Crippen LogP contribution >= 0.6 is 12.2 Å². The van der Waals surface area contributed by atoms with Crippen LogP contribution in [0.5, 0.6) is 11.5 Å². The maximum Gasteiger partial charge on any atom is 0.161 e. The molecule has 4 nitrogen and oxygen atoms in total. The molecule has 1 saturated heterocycles.